The van der Waals surface area contributed by atoms with Gasteiger partial charge in [0, 0.05) is 5.56 Å². The molecule has 2 aromatic carbocycles. The Kier molecular flexibility index (Phi) is 4.54. The van der Waals surface area contributed by atoms with Crippen LogP contribution in [0.3, 0.4) is 0 Å². The van der Waals surface area contributed by atoms with Gasteiger partial charge in [-0.2, -0.15) is 0 Å². The van der Waals surface area contributed by atoms with E-state index in [9.17, 15) is 9.18 Å². The topological polar surface area (TPSA) is 51.2 Å². The molecular formula is C22H15FN2O2. The van der Waals surface area contributed by atoms with Crippen LogP contribution in [0.2, 0.25) is 0 Å². The standard InChI is InChI=1S/C22H15FN2O2/c23-18-14-13-17(12-11-15-7-3-1-4-8-15)24-19(18)20-21(27-22(26)25-20)16-9-5-2-6-10-16/h1-10,13-14,20-21H,(H,25,26)/t20-,21-/m0/s1. The number of cyclic esters (lactones) is 1. The maximum absolute atomic E-state index is 14.5. The minimum absolute atomic E-state index is 0.106. The average molecular weight is 358 g/mol. The van der Waals surface area contributed by atoms with Gasteiger partial charge in [-0.3, -0.25) is 0 Å². The largest absolute Gasteiger partial charge is 0.439 e. The zero-order chi connectivity index (χ0) is 18.6. The summed E-state index contributed by atoms with van der Waals surface area (Å²) in [6, 6.07) is 20.8. The molecular weight excluding hydrogens is 343 g/mol. The lowest BCUT2D eigenvalue weighted by molar-refractivity contribution is 0.131. The zero-order valence-corrected chi connectivity index (χ0v) is 14.2. The van der Waals surface area contributed by atoms with Gasteiger partial charge in [-0.1, -0.05) is 54.5 Å². The van der Waals surface area contributed by atoms with Crippen molar-refractivity contribution in [3.05, 3.63) is 101 Å². The highest BCUT2D eigenvalue weighted by molar-refractivity contribution is 5.71. The normalized spacial score (nSPS) is 18.2. The van der Waals surface area contributed by atoms with Crippen molar-refractivity contribution in [2.75, 3.05) is 0 Å². The molecule has 4 nitrogen and oxygen atoms in total. The monoisotopic (exact) mass is 358 g/mol. The summed E-state index contributed by atoms with van der Waals surface area (Å²) in [6.45, 7) is 0. The van der Waals surface area contributed by atoms with Gasteiger partial charge in [-0.25, -0.2) is 14.2 Å². The number of amides is 1. The van der Waals surface area contributed by atoms with Crippen molar-refractivity contribution in [1.82, 2.24) is 10.3 Å². The van der Waals surface area contributed by atoms with Crippen LogP contribution >= 0.6 is 0 Å². The molecule has 0 radical (unpaired) electrons. The highest BCUT2D eigenvalue weighted by atomic mass is 19.1. The molecule has 1 fully saturated rings. The van der Waals surface area contributed by atoms with Gasteiger partial charge in [-0.05, 0) is 35.7 Å². The molecule has 1 amide bonds. The van der Waals surface area contributed by atoms with Crippen LogP contribution in [-0.2, 0) is 4.74 Å². The summed E-state index contributed by atoms with van der Waals surface area (Å²) in [5.41, 5.74) is 2.13. The number of rotatable bonds is 2. The number of aromatic nitrogens is 1. The lowest BCUT2D eigenvalue weighted by Gasteiger charge is -2.17. The minimum Gasteiger partial charge on any atom is -0.439 e. The second-order valence-corrected chi connectivity index (χ2v) is 6.04. The van der Waals surface area contributed by atoms with Crippen LogP contribution in [0, 0.1) is 17.7 Å². The van der Waals surface area contributed by atoms with E-state index in [-0.39, 0.29) is 5.69 Å². The Hall–Kier alpha value is -3.65. The first-order chi connectivity index (χ1) is 13.2. The van der Waals surface area contributed by atoms with Gasteiger partial charge in [0.25, 0.3) is 0 Å². The maximum atomic E-state index is 14.5. The Bertz CT molecular complexity index is 1030. The fraction of sp³-hybridized carbons (Fsp3) is 0.0909. The van der Waals surface area contributed by atoms with E-state index in [4.69, 9.17) is 4.74 Å². The molecule has 1 aliphatic rings. The molecule has 132 valence electrons. The van der Waals surface area contributed by atoms with Crippen molar-refractivity contribution in [2.45, 2.75) is 12.1 Å². The first-order valence-corrected chi connectivity index (χ1v) is 8.46. The summed E-state index contributed by atoms with van der Waals surface area (Å²) in [7, 11) is 0. The number of pyridine rings is 1. The van der Waals surface area contributed by atoms with E-state index in [1.54, 1.807) is 0 Å². The number of halogens is 1. The second kappa shape index (κ2) is 7.30. The molecule has 1 aromatic heterocycles. The van der Waals surface area contributed by atoms with Crippen molar-refractivity contribution in [3.8, 4) is 11.8 Å². The quantitative estimate of drug-likeness (QED) is 0.701. The molecule has 1 aliphatic heterocycles. The molecule has 27 heavy (non-hydrogen) atoms. The van der Waals surface area contributed by atoms with Crippen molar-refractivity contribution in [3.63, 3.8) is 0 Å². The third-order valence-corrected chi connectivity index (χ3v) is 4.21. The molecule has 4 rings (SSSR count). The number of hydrogen-bond donors (Lipinski definition) is 1. The van der Waals surface area contributed by atoms with Crippen LogP contribution in [0.4, 0.5) is 9.18 Å². The van der Waals surface area contributed by atoms with Crippen LogP contribution in [0.25, 0.3) is 0 Å². The molecule has 0 bridgehead atoms. The van der Waals surface area contributed by atoms with Gasteiger partial charge < -0.3 is 10.1 Å². The van der Waals surface area contributed by atoms with Crippen LogP contribution in [0.5, 0.6) is 0 Å². The fourth-order valence-corrected chi connectivity index (χ4v) is 2.94. The number of nitrogens with one attached hydrogen (secondary N) is 1. The SMILES string of the molecule is O=C1N[C@@H](c2nc(C#Cc3ccccc3)ccc2F)[C@H](c2ccccc2)O1. The minimum atomic E-state index is -0.724. The van der Waals surface area contributed by atoms with Gasteiger partial charge in [0.15, 0.2) is 6.10 Å². The third kappa shape index (κ3) is 3.65. The first-order valence-electron chi connectivity index (χ1n) is 8.46. The van der Waals surface area contributed by atoms with E-state index in [1.165, 1.54) is 12.1 Å². The van der Waals surface area contributed by atoms with E-state index in [2.05, 4.69) is 22.1 Å². The highest BCUT2D eigenvalue weighted by Gasteiger charge is 2.38. The molecule has 0 saturated carbocycles. The smallest absolute Gasteiger partial charge is 0.408 e. The summed E-state index contributed by atoms with van der Waals surface area (Å²) in [4.78, 5) is 16.1. The van der Waals surface area contributed by atoms with Gasteiger partial charge in [-0.15, -0.1) is 0 Å². The molecule has 2 atom stereocenters. The number of benzene rings is 2. The van der Waals surface area contributed by atoms with Gasteiger partial charge in [0.05, 0.1) is 0 Å². The molecule has 0 unspecified atom stereocenters. The molecule has 2 heterocycles. The fourth-order valence-electron chi connectivity index (χ4n) is 2.94. The maximum Gasteiger partial charge on any atom is 0.408 e. The highest BCUT2D eigenvalue weighted by Crippen LogP contribution is 2.36. The number of carbonyl (C=O) groups is 1. The molecule has 1 saturated heterocycles. The van der Waals surface area contributed by atoms with Crippen molar-refractivity contribution >= 4 is 6.09 Å². The summed E-state index contributed by atoms with van der Waals surface area (Å²) in [5, 5.41) is 2.65. The Morgan fingerprint density at radius 3 is 2.37 bits per heavy atom. The van der Waals surface area contributed by atoms with Crippen LogP contribution in [0.15, 0.2) is 72.8 Å². The average Bonchev–Trinajstić information content (AvgIpc) is 3.10. The Balaban J connectivity index is 1.68. The Morgan fingerprint density at radius 1 is 0.926 bits per heavy atom. The van der Waals surface area contributed by atoms with E-state index >= 15 is 0 Å². The summed E-state index contributed by atoms with van der Waals surface area (Å²) in [5.74, 6) is 5.42. The number of hydrogen-bond acceptors (Lipinski definition) is 3. The predicted octanol–water partition coefficient (Wildman–Crippen LogP) is 4.14. The predicted molar refractivity (Wildman–Crippen MR) is 98.2 cm³/mol. The first kappa shape index (κ1) is 16.8. The van der Waals surface area contributed by atoms with Gasteiger partial charge in [0.1, 0.15) is 23.2 Å². The van der Waals surface area contributed by atoms with E-state index in [0.29, 0.717) is 5.69 Å². The number of ether oxygens (including phenoxy) is 1. The Labute approximate surface area is 156 Å². The summed E-state index contributed by atoms with van der Waals surface area (Å²) >= 11 is 0. The number of alkyl carbamates (subject to hydrolysis) is 1. The van der Waals surface area contributed by atoms with Gasteiger partial charge >= 0.3 is 6.09 Å². The van der Waals surface area contributed by atoms with Crippen LogP contribution < -0.4 is 5.32 Å². The molecule has 0 spiro atoms. The van der Waals surface area contributed by atoms with Gasteiger partial charge in [0.2, 0.25) is 0 Å². The second-order valence-electron chi connectivity index (χ2n) is 6.04. The van der Waals surface area contributed by atoms with Crippen molar-refractivity contribution in [1.29, 1.82) is 0 Å². The Morgan fingerprint density at radius 2 is 1.63 bits per heavy atom. The van der Waals surface area contributed by atoms with E-state index in [0.717, 1.165) is 11.1 Å². The molecule has 3 aromatic rings. The van der Waals surface area contributed by atoms with Crippen LogP contribution in [-0.4, -0.2) is 11.1 Å². The zero-order valence-electron chi connectivity index (χ0n) is 14.2. The van der Waals surface area contributed by atoms with Crippen LogP contribution in [0.1, 0.15) is 34.7 Å². The van der Waals surface area contributed by atoms with Crippen molar-refractivity contribution < 1.29 is 13.9 Å². The summed E-state index contributed by atoms with van der Waals surface area (Å²) < 4.78 is 19.8. The van der Waals surface area contributed by atoms with Crippen molar-refractivity contribution in [2.24, 2.45) is 0 Å². The molecule has 5 heteroatoms. The van der Waals surface area contributed by atoms with E-state index < -0.39 is 24.1 Å². The van der Waals surface area contributed by atoms with E-state index in [1.807, 2.05) is 60.7 Å². The number of carbonyl (C=O) groups excluding carboxylic acids is 1. The summed E-state index contributed by atoms with van der Waals surface area (Å²) in [6.07, 6.45) is -1.26. The lowest BCUT2D eigenvalue weighted by Crippen LogP contribution is -2.22. The molecule has 0 aliphatic carbocycles. The lowest BCUT2D eigenvalue weighted by atomic mass is 9.99. The molecule has 1 N–H and O–H groups in total. The third-order valence-electron chi connectivity index (χ3n) is 4.21. The number of nitrogens with zero attached hydrogens (tertiary/aromatic N) is 1.